The van der Waals surface area contributed by atoms with Crippen molar-refractivity contribution in [2.45, 2.75) is 18.1 Å². The van der Waals surface area contributed by atoms with Crippen molar-refractivity contribution in [3.8, 4) is 28.4 Å². The van der Waals surface area contributed by atoms with Crippen molar-refractivity contribution >= 4 is 17.7 Å². The normalized spacial score (nSPS) is 12.3. The van der Waals surface area contributed by atoms with Gasteiger partial charge in [-0.25, -0.2) is 4.79 Å². The largest absolute Gasteiger partial charge is 0.493 e. The molecular formula is C24H22O5S. The highest BCUT2D eigenvalue weighted by Crippen LogP contribution is 2.45. The molecule has 3 aromatic carbocycles. The molecule has 0 saturated carbocycles. The van der Waals surface area contributed by atoms with Gasteiger partial charge in [-0.1, -0.05) is 18.2 Å². The Morgan fingerprint density at radius 1 is 0.933 bits per heavy atom. The summed E-state index contributed by atoms with van der Waals surface area (Å²) >= 11 is 1.70. The Balaban J connectivity index is 1.68. The van der Waals surface area contributed by atoms with Crippen LogP contribution in [0.25, 0.3) is 11.1 Å². The summed E-state index contributed by atoms with van der Waals surface area (Å²) in [6, 6.07) is 17.7. The van der Waals surface area contributed by atoms with Crippen LogP contribution < -0.4 is 14.2 Å². The molecule has 0 spiro atoms. The molecule has 0 N–H and O–H groups in total. The molecule has 1 aliphatic rings. The van der Waals surface area contributed by atoms with Gasteiger partial charge in [-0.2, -0.15) is 0 Å². The number of methoxy groups -OCH3 is 2. The molecule has 0 unspecified atom stereocenters. The third-order valence-corrected chi connectivity index (χ3v) is 5.78. The van der Waals surface area contributed by atoms with Crippen molar-refractivity contribution in [2.24, 2.45) is 0 Å². The summed E-state index contributed by atoms with van der Waals surface area (Å²) in [7, 11) is 3.21. The standard InChI is InChI=1S/C24H22O5S/c1-26-21-11-10-19(16-6-9-20-17(12-16)14-29-24(20)25)22(27-2)23(21)28-13-15-4-7-18(30-3)8-5-15/h4-12H,13-14H2,1-3H3. The Morgan fingerprint density at radius 2 is 1.70 bits per heavy atom. The highest BCUT2D eigenvalue weighted by atomic mass is 32.2. The molecule has 0 saturated heterocycles. The quantitative estimate of drug-likeness (QED) is 0.378. The third-order valence-electron chi connectivity index (χ3n) is 5.04. The van der Waals surface area contributed by atoms with Crippen LogP contribution in [0.2, 0.25) is 0 Å². The summed E-state index contributed by atoms with van der Waals surface area (Å²) in [4.78, 5) is 13.0. The number of esters is 1. The zero-order valence-electron chi connectivity index (χ0n) is 17.1. The number of thioether (sulfide) groups is 1. The minimum atomic E-state index is -0.283. The van der Waals surface area contributed by atoms with Crippen LogP contribution in [0.15, 0.2) is 59.5 Å². The number of rotatable bonds is 7. The fourth-order valence-corrected chi connectivity index (χ4v) is 3.86. The minimum absolute atomic E-state index is 0.283. The Bertz CT molecular complexity index is 1080. The van der Waals surface area contributed by atoms with Gasteiger partial charge in [0, 0.05) is 16.0 Å². The van der Waals surface area contributed by atoms with Crippen LogP contribution in [0.4, 0.5) is 0 Å². The van der Waals surface area contributed by atoms with E-state index in [1.807, 2.05) is 42.7 Å². The van der Waals surface area contributed by atoms with Crippen molar-refractivity contribution in [1.82, 2.24) is 0 Å². The second-order valence-electron chi connectivity index (χ2n) is 6.76. The Kier molecular flexibility index (Phi) is 5.86. The van der Waals surface area contributed by atoms with Gasteiger partial charge in [0.15, 0.2) is 11.5 Å². The van der Waals surface area contributed by atoms with Gasteiger partial charge in [-0.15, -0.1) is 11.8 Å². The molecule has 1 aliphatic heterocycles. The molecule has 4 rings (SSSR count). The SMILES string of the molecule is COc1ccc(-c2ccc3c(c2)COC3=O)c(OC)c1OCc1ccc(SC)cc1. The first-order valence-electron chi connectivity index (χ1n) is 9.45. The lowest BCUT2D eigenvalue weighted by Crippen LogP contribution is -2.01. The number of fused-ring (bicyclic) bond motifs is 1. The zero-order valence-corrected chi connectivity index (χ0v) is 17.9. The summed E-state index contributed by atoms with van der Waals surface area (Å²) in [5, 5.41) is 0. The van der Waals surface area contributed by atoms with E-state index in [0.29, 0.717) is 29.4 Å². The van der Waals surface area contributed by atoms with Crippen LogP contribution in [0.3, 0.4) is 0 Å². The molecule has 30 heavy (non-hydrogen) atoms. The molecule has 0 bridgehead atoms. The monoisotopic (exact) mass is 422 g/mol. The first-order chi connectivity index (χ1) is 14.6. The maximum absolute atomic E-state index is 11.7. The van der Waals surface area contributed by atoms with Crippen LogP contribution in [0, 0.1) is 0 Å². The van der Waals surface area contributed by atoms with E-state index in [9.17, 15) is 4.79 Å². The maximum atomic E-state index is 11.7. The molecule has 3 aromatic rings. The van der Waals surface area contributed by atoms with Gasteiger partial charge in [0.25, 0.3) is 0 Å². The summed E-state index contributed by atoms with van der Waals surface area (Å²) < 4.78 is 22.5. The van der Waals surface area contributed by atoms with Gasteiger partial charge in [-0.05, 0) is 53.8 Å². The van der Waals surface area contributed by atoms with Crippen LogP contribution in [0.1, 0.15) is 21.5 Å². The van der Waals surface area contributed by atoms with Crippen molar-refractivity contribution in [3.05, 3.63) is 71.3 Å². The van der Waals surface area contributed by atoms with E-state index in [1.54, 1.807) is 32.0 Å². The van der Waals surface area contributed by atoms with Crippen LogP contribution in [-0.2, 0) is 18.0 Å². The summed E-state index contributed by atoms with van der Waals surface area (Å²) in [6.45, 7) is 0.674. The lowest BCUT2D eigenvalue weighted by molar-refractivity contribution is 0.0535. The van der Waals surface area contributed by atoms with E-state index in [0.717, 1.165) is 22.3 Å². The highest BCUT2D eigenvalue weighted by molar-refractivity contribution is 7.98. The van der Waals surface area contributed by atoms with Gasteiger partial charge >= 0.3 is 5.97 Å². The average Bonchev–Trinajstić information content (AvgIpc) is 3.17. The van der Waals surface area contributed by atoms with Crippen molar-refractivity contribution in [1.29, 1.82) is 0 Å². The molecule has 0 aromatic heterocycles. The van der Waals surface area contributed by atoms with Crippen molar-refractivity contribution in [3.63, 3.8) is 0 Å². The molecule has 6 heteroatoms. The number of carbonyl (C=O) groups is 1. The maximum Gasteiger partial charge on any atom is 0.338 e. The number of carbonyl (C=O) groups excluding carboxylic acids is 1. The fourth-order valence-electron chi connectivity index (χ4n) is 3.45. The van der Waals surface area contributed by atoms with E-state index in [-0.39, 0.29) is 12.6 Å². The van der Waals surface area contributed by atoms with E-state index in [2.05, 4.69) is 12.1 Å². The van der Waals surface area contributed by atoms with Crippen LogP contribution in [-0.4, -0.2) is 26.4 Å². The molecule has 0 atom stereocenters. The smallest absolute Gasteiger partial charge is 0.338 e. The van der Waals surface area contributed by atoms with Gasteiger partial charge in [-0.3, -0.25) is 0 Å². The average molecular weight is 423 g/mol. The first-order valence-corrected chi connectivity index (χ1v) is 10.7. The number of ether oxygens (including phenoxy) is 4. The van der Waals surface area contributed by atoms with E-state index >= 15 is 0 Å². The number of benzene rings is 3. The minimum Gasteiger partial charge on any atom is -0.493 e. The third kappa shape index (κ3) is 3.83. The molecule has 0 amide bonds. The van der Waals surface area contributed by atoms with Crippen LogP contribution in [0.5, 0.6) is 17.2 Å². The number of cyclic esters (lactones) is 1. The molecule has 0 fully saturated rings. The second-order valence-corrected chi connectivity index (χ2v) is 7.64. The zero-order chi connectivity index (χ0) is 21.1. The van der Waals surface area contributed by atoms with E-state index < -0.39 is 0 Å². The molecule has 0 radical (unpaired) electrons. The molecule has 0 aliphatic carbocycles. The summed E-state index contributed by atoms with van der Waals surface area (Å²) in [6.07, 6.45) is 2.05. The molecule has 1 heterocycles. The van der Waals surface area contributed by atoms with Crippen molar-refractivity contribution < 1.29 is 23.7 Å². The Hall–Kier alpha value is -3.12. The molecule has 154 valence electrons. The Labute approximate surface area is 179 Å². The summed E-state index contributed by atoms with van der Waals surface area (Å²) in [5.41, 5.74) is 4.30. The van der Waals surface area contributed by atoms with Gasteiger partial charge in [0.05, 0.1) is 19.8 Å². The molecule has 5 nitrogen and oxygen atoms in total. The van der Waals surface area contributed by atoms with Crippen LogP contribution >= 0.6 is 11.8 Å². The number of hydrogen-bond donors (Lipinski definition) is 0. The Morgan fingerprint density at radius 3 is 2.40 bits per heavy atom. The number of hydrogen-bond acceptors (Lipinski definition) is 6. The predicted molar refractivity (Wildman–Crippen MR) is 117 cm³/mol. The lowest BCUT2D eigenvalue weighted by atomic mass is 9.99. The molecular weight excluding hydrogens is 400 g/mol. The lowest BCUT2D eigenvalue weighted by Gasteiger charge is -2.18. The van der Waals surface area contributed by atoms with Gasteiger partial charge in [0.1, 0.15) is 13.2 Å². The fraction of sp³-hybridized carbons (Fsp3) is 0.208. The van der Waals surface area contributed by atoms with Gasteiger partial charge < -0.3 is 18.9 Å². The predicted octanol–water partition coefficient (Wildman–Crippen LogP) is 5.34. The van der Waals surface area contributed by atoms with E-state index in [4.69, 9.17) is 18.9 Å². The second kappa shape index (κ2) is 8.71. The van der Waals surface area contributed by atoms with Gasteiger partial charge in [0.2, 0.25) is 5.75 Å². The van der Waals surface area contributed by atoms with E-state index in [1.165, 1.54) is 4.90 Å². The summed E-state index contributed by atoms with van der Waals surface area (Å²) in [5.74, 6) is 1.44. The highest BCUT2D eigenvalue weighted by Gasteiger charge is 2.23. The first kappa shape index (κ1) is 20.2. The topological polar surface area (TPSA) is 54.0 Å². The van der Waals surface area contributed by atoms with Crippen molar-refractivity contribution in [2.75, 3.05) is 20.5 Å².